The highest BCUT2D eigenvalue weighted by Gasteiger charge is 1.87. The molecule has 4 nitrogen and oxygen atoms in total. The van der Waals surface area contributed by atoms with Crippen molar-refractivity contribution in [2.75, 3.05) is 0 Å². The quantitative estimate of drug-likeness (QED) is 0.489. The summed E-state index contributed by atoms with van der Waals surface area (Å²) in [7, 11) is 0. The van der Waals surface area contributed by atoms with Gasteiger partial charge in [0, 0.05) is 5.92 Å². The molecule has 1 aromatic heterocycles. The van der Waals surface area contributed by atoms with Crippen LogP contribution in [-0.2, 0) is 4.79 Å². The zero-order chi connectivity index (χ0) is 7.40. The van der Waals surface area contributed by atoms with Crippen molar-refractivity contribution in [3.8, 4) is 11.8 Å². The first kappa shape index (κ1) is 6.36. The molecule has 4 heteroatoms. The lowest BCUT2D eigenvalue weighted by Gasteiger charge is -1.70. The molecule has 0 aromatic carbocycles. The number of aromatic nitrogens is 1. The van der Waals surface area contributed by atoms with Crippen LogP contribution in [0.3, 0.4) is 0 Å². The van der Waals surface area contributed by atoms with Gasteiger partial charge in [-0.1, -0.05) is 11.1 Å². The molecule has 0 saturated carbocycles. The van der Waals surface area contributed by atoms with Gasteiger partial charge in [-0.2, -0.15) is 0 Å². The van der Waals surface area contributed by atoms with E-state index < -0.39 is 5.91 Å². The van der Waals surface area contributed by atoms with Crippen molar-refractivity contribution < 1.29 is 9.32 Å². The van der Waals surface area contributed by atoms with E-state index in [9.17, 15) is 4.79 Å². The van der Waals surface area contributed by atoms with Crippen molar-refractivity contribution in [2.24, 2.45) is 5.73 Å². The molecular weight excluding hydrogens is 132 g/mol. The molecule has 1 heterocycles. The van der Waals surface area contributed by atoms with Gasteiger partial charge in [0.15, 0.2) is 0 Å². The minimum Gasteiger partial charge on any atom is -0.363 e. The van der Waals surface area contributed by atoms with E-state index in [0.29, 0.717) is 5.56 Å². The summed E-state index contributed by atoms with van der Waals surface area (Å²) in [6.07, 6.45) is 2.73. The zero-order valence-corrected chi connectivity index (χ0v) is 5.00. The number of rotatable bonds is 0. The molecule has 0 atom stereocenters. The van der Waals surface area contributed by atoms with Gasteiger partial charge in [0.05, 0.1) is 11.8 Å². The Morgan fingerprint density at radius 1 is 1.80 bits per heavy atom. The molecule has 0 bridgehead atoms. The molecule has 1 amide bonds. The molecule has 2 N–H and O–H groups in total. The first-order valence-electron chi connectivity index (χ1n) is 2.50. The summed E-state index contributed by atoms with van der Waals surface area (Å²) in [5.74, 6) is 3.91. The lowest BCUT2D eigenvalue weighted by Crippen LogP contribution is -2.05. The maximum absolute atomic E-state index is 10.1. The van der Waals surface area contributed by atoms with Crippen LogP contribution in [0.2, 0.25) is 0 Å². The first-order valence-corrected chi connectivity index (χ1v) is 2.50. The summed E-state index contributed by atoms with van der Waals surface area (Å²) in [5.41, 5.74) is 5.29. The van der Waals surface area contributed by atoms with E-state index in [1.807, 2.05) is 0 Å². The highest BCUT2D eigenvalue weighted by molar-refractivity contribution is 5.92. The highest BCUT2D eigenvalue weighted by Crippen LogP contribution is 1.90. The van der Waals surface area contributed by atoms with Crippen molar-refractivity contribution in [1.29, 1.82) is 0 Å². The van der Waals surface area contributed by atoms with Crippen LogP contribution >= 0.6 is 0 Å². The Morgan fingerprint density at radius 3 is 3.10 bits per heavy atom. The fraction of sp³-hybridized carbons (Fsp3) is 0. The predicted molar refractivity (Wildman–Crippen MR) is 32.6 cm³/mol. The van der Waals surface area contributed by atoms with Gasteiger partial charge in [-0.05, 0) is 0 Å². The number of hydrogen-bond donors (Lipinski definition) is 1. The van der Waals surface area contributed by atoms with Crippen molar-refractivity contribution in [3.05, 3.63) is 18.0 Å². The molecule has 0 radical (unpaired) electrons. The van der Waals surface area contributed by atoms with Gasteiger partial charge in [0.25, 0.3) is 5.91 Å². The van der Waals surface area contributed by atoms with Gasteiger partial charge in [-0.15, -0.1) is 0 Å². The maximum atomic E-state index is 10.1. The fourth-order valence-corrected chi connectivity index (χ4v) is 0.400. The summed E-state index contributed by atoms with van der Waals surface area (Å²) in [4.78, 5) is 10.1. The van der Waals surface area contributed by atoms with Crippen molar-refractivity contribution >= 4 is 5.91 Å². The van der Waals surface area contributed by atoms with Gasteiger partial charge in [-0.25, -0.2) is 0 Å². The van der Waals surface area contributed by atoms with E-state index in [1.54, 1.807) is 0 Å². The standard InChI is InChI=1S/C6H4N2O2/c7-6(9)2-1-5-3-8-10-4-5/h3-4H,(H2,7,9). The number of carbonyl (C=O) groups is 1. The van der Waals surface area contributed by atoms with Gasteiger partial charge in [0.1, 0.15) is 6.26 Å². The molecule has 0 aliphatic heterocycles. The van der Waals surface area contributed by atoms with E-state index >= 15 is 0 Å². The minimum absolute atomic E-state index is 0.541. The molecule has 0 spiro atoms. The minimum atomic E-state index is -0.666. The number of primary amides is 1. The van der Waals surface area contributed by atoms with Crippen LogP contribution in [-0.4, -0.2) is 11.1 Å². The fourth-order valence-electron chi connectivity index (χ4n) is 0.400. The molecule has 1 rings (SSSR count). The summed E-state index contributed by atoms with van der Waals surface area (Å²) in [6.45, 7) is 0. The third-order valence-electron chi connectivity index (χ3n) is 0.762. The van der Waals surface area contributed by atoms with Gasteiger partial charge >= 0.3 is 0 Å². The van der Waals surface area contributed by atoms with Crippen LogP contribution in [0.1, 0.15) is 5.56 Å². The topological polar surface area (TPSA) is 69.1 Å². The van der Waals surface area contributed by atoms with Gasteiger partial charge < -0.3 is 10.3 Å². The third-order valence-corrected chi connectivity index (χ3v) is 0.762. The monoisotopic (exact) mass is 136 g/mol. The van der Waals surface area contributed by atoms with Crippen LogP contribution in [0, 0.1) is 11.8 Å². The molecule has 0 fully saturated rings. The van der Waals surface area contributed by atoms with E-state index in [-0.39, 0.29) is 0 Å². The molecular formula is C6H4N2O2. The van der Waals surface area contributed by atoms with Gasteiger partial charge in [0.2, 0.25) is 0 Å². The van der Waals surface area contributed by atoms with Crippen LogP contribution in [0.15, 0.2) is 17.0 Å². The molecule has 0 unspecified atom stereocenters. The molecule has 10 heavy (non-hydrogen) atoms. The van der Waals surface area contributed by atoms with Crippen molar-refractivity contribution in [1.82, 2.24) is 5.16 Å². The SMILES string of the molecule is NC(=O)C#Cc1cnoc1. The first-order chi connectivity index (χ1) is 4.79. The lowest BCUT2D eigenvalue weighted by atomic mass is 10.4. The molecule has 1 aromatic rings. The summed E-state index contributed by atoms with van der Waals surface area (Å²) < 4.78 is 4.44. The molecule has 0 saturated heterocycles. The summed E-state index contributed by atoms with van der Waals surface area (Å²) in [5, 5.41) is 3.37. The number of carbonyl (C=O) groups excluding carboxylic acids is 1. The number of nitrogens with zero attached hydrogens (tertiary/aromatic N) is 1. The van der Waals surface area contributed by atoms with E-state index in [2.05, 4.69) is 21.5 Å². The Hall–Kier alpha value is -1.76. The zero-order valence-electron chi connectivity index (χ0n) is 5.00. The average Bonchev–Trinajstić information content (AvgIpc) is 2.34. The Morgan fingerprint density at radius 2 is 2.60 bits per heavy atom. The number of amides is 1. The Labute approximate surface area is 57.0 Å². The summed E-state index contributed by atoms with van der Waals surface area (Å²) >= 11 is 0. The lowest BCUT2D eigenvalue weighted by molar-refractivity contribution is -0.112. The highest BCUT2D eigenvalue weighted by atomic mass is 16.5. The smallest absolute Gasteiger partial charge is 0.293 e. The maximum Gasteiger partial charge on any atom is 0.293 e. The number of nitrogens with two attached hydrogens (primary N) is 1. The Kier molecular flexibility index (Phi) is 1.71. The second kappa shape index (κ2) is 2.69. The van der Waals surface area contributed by atoms with Crippen LogP contribution in [0.5, 0.6) is 0 Å². The summed E-state index contributed by atoms with van der Waals surface area (Å²) in [6, 6.07) is 0. The van der Waals surface area contributed by atoms with Crippen LogP contribution in [0.4, 0.5) is 0 Å². The largest absolute Gasteiger partial charge is 0.363 e. The second-order valence-electron chi connectivity index (χ2n) is 1.53. The van der Waals surface area contributed by atoms with E-state index in [4.69, 9.17) is 5.73 Å². The Bertz CT molecular complexity index is 278. The number of hydrogen-bond acceptors (Lipinski definition) is 3. The normalized spacial score (nSPS) is 8.00. The van der Waals surface area contributed by atoms with E-state index in [0.717, 1.165) is 0 Å². The molecule has 50 valence electrons. The molecule has 0 aliphatic carbocycles. The van der Waals surface area contributed by atoms with Crippen molar-refractivity contribution in [2.45, 2.75) is 0 Å². The van der Waals surface area contributed by atoms with E-state index in [1.165, 1.54) is 12.5 Å². The van der Waals surface area contributed by atoms with Crippen molar-refractivity contribution in [3.63, 3.8) is 0 Å². The average molecular weight is 136 g/mol. The van der Waals surface area contributed by atoms with Crippen LogP contribution < -0.4 is 5.73 Å². The van der Waals surface area contributed by atoms with Crippen LogP contribution in [0.25, 0.3) is 0 Å². The molecule has 0 aliphatic rings. The predicted octanol–water partition coefficient (Wildman–Crippen LogP) is -0.489. The third kappa shape index (κ3) is 1.63. The second-order valence-corrected chi connectivity index (χ2v) is 1.53. The Balaban J connectivity index is 2.75. The van der Waals surface area contributed by atoms with Gasteiger partial charge in [-0.3, -0.25) is 4.79 Å².